The molecule has 0 unspecified atom stereocenters. The summed E-state index contributed by atoms with van der Waals surface area (Å²) in [6, 6.07) is 6.09. The van der Waals surface area contributed by atoms with Gasteiger partial charge in [0.1, 0.15) is 5.60 Å². The minimum atomic E-state index is -0.483. The van der Waals surface area contributed by atoms with Crippen molar-refractivity contribution in [1.29, 1.82) is 0 Å². The van der Waals surface area contributed by atoms with E-state index in [2.05, 4.69) is 13.0 Å². The van der Waals surface area contributed by atoms with E-state index < -0.39 is 5.60 Å². The molecule has 124 valence electrons. The number of hydrogen-bond donors (Lipinski definition) is 0. The van der Waals surface area contributed by atoms with E-state index in [4.69, 9.17) is 4.74 Å². The van der Waals surface area contributed by atoms with Crippen molar-refractivity contribution >= 4 is 11.9 Å². The monoisotopic (exact) mass is 315 g/mol. The molecule has 2 aliphatic rings. The zero-order chi connectivity index (χ0) is 16.8. The third-order valence-electron chi connectivity index (χ3n) is 4.89. The molecule has 0 atom stereocenters. The van der Waals surface area contributed by atoms with Crippen LogP contribution in [0.3, 0.4) is 0 Å². The second-order valence-corrected chi connectivity index (χ2v) is 7.91. The molecule has 0 N–H and O–H groups in total. The Morgan fingerprint density at radius 2 is 1.87 bits per heavy atom. The Morgan fingerprint density at radius 1 is 1.22 bits per heavy atom. The number of nitrogens with zero attached hydrogens (tertiary/aromatic N) is 1. The number of amides is 1. The van der Waals surface area contributed by atoms with E-state index in [-0.39, 0.29) is 17.3 Å². The number of rotatable bonds is 0. The van der Waals surface area contributed by atoms with Gasteiger partial charge in [-0.2, -0.15) is 0 Å². The number of carbonyl (C=O) groups is 2. The van der Waals surface area contributed by atoms with Crippen LogP contribution >= 0.6 is 0 Å². The van der Waals surface area contributed by atoms with Crippen molar-refractivity contribution in [3.63, 3.8) is 0 Å². The summed E-state index contributed by atoms with van der Waals surface area (Å²) in [5.74, 6) is 0.260. The summed E-state index contributed by atoms with van der Waals surface area (Å²) in [5, 5.41) is 0. The minimum Gasteiger partial charge on any atom is -0.444 e. The first-order valence-electron chi connectivity index (χ1n) is 8.32. The lowest BCUT2D eigenvalue weighted by atomic mass is 9.75. The van der Waals surface area contributed by atoms with E-state index in [0.717, 1.165) is 24.8 Å². The number of likely N-dealkylation sites (tertiary alicyclic amines) is 1. The molecule has 0 radical (unpaired) electrons. The normalized spacial score (nSPS) is 19.8. The van der Waals surface area contributed by atoms with Crippen LogP contribution in [0.1, 0.15) is 55.1 Å². The average molecular weight is 315 g/mol. The van der Waals surface area contributed by atoms with Crippen LogP contribution in [0.5, 0.6) is 0 Å². The van der Waals surface area contributed by atoms with Crippen LogP contribution in [-0.4, -0.2) is 35.5 Å². The Hall–Kier alpha value is -1.84. The molecule has 1 aromatic rings. The first-order valence-corrected chi connectivity index (χ1v) is 8.32. The topological polar surface area (TPSA) is 46.6 Å². The van der Waals surface area contributed by atoms with Crippen LogP contribution in [0.4, 0.5) is 4.79 Å². The fourth-order valence-electron chi connectivity index (χ4n) is 3.67. The highest BCUT2D eigenvalue weighted by atomic mass is 16.6. The van der Waals surface area contributed by atoms with E-state index >= 15 is 0 Å². The SMILES string of the molecule is Cc1ccc2c(c1)CC1(CCN(C(=O)OC(C)(C)C)CC1)C2=O. The largest absolute Gasteiger partial charge is 0.444 e. The minimum absolute atomic E-state index is 0.260. The van der Waals surface area contributed by atoms with Gasteiger partial charge in [-0.05, 0) is 52.5 Å². The number of ketones is 1. The number of ether oxygens (including phenoxy) is 1. The van der Waals surface area contributed by atoms with Gasteiger partial charge >= 0.3 is 6.09 Å². The van der Waals surface area contributed by atoms with Crippen LogP contribution in [0.2, 0.25) is 0 Å². The second kappa shape index (κ2) is 5.36. The van der Waals surface area contributed by atoms with Crippen LogP contribution in [-0.2, 0) is 11.2 Å². The fourth-order valence-corrected chi connectivity index (χ4v) is 3.67. The number of benzene rings is 1. The van der Waals surface area contributed by atoms with Crippen molar-refractivity contribution in [2.75, 3.05) is 13.1 Å². The molecule has 4 heteroatoms. The zero-order valence-corrected chi connectivity index (χ0v) is 14.4. The molecule has 1 spiro atoms. The Bertz CT molecular complexity index is 649. The molecule has 23 heavy (non-hydrogen) atoms. The number of hydrogen-bond acceptors (Lipinski definition) is 3. The zero-order valence-electron chi connectivity index (χ0n) is 14.4. The van der Waals surface area contributed by atoms with Crippen LogP contribution in [0, 0.1) is 12.3 Å². The molecule has 0 saturated carbocycles. The highest BCUT2D eigenvalue weighted by molar-refractivity contribution is 6.05. The van der Waals surface area contributed by atoms with E-state index in [0.29, 0.717) is 13.1 Å². The van der Waals surface area contributed by atoms with Gasteiger partial charge in [-0.3, -0.25) is 4.79 Å². The highest BCUT2D eigenvalue weighted by Crippen LogP contribution is 2.44. The first-order chi connectivity index (χ1) is 10.7. The molecule has 1 fully saturated rings. The lowest BCUT2D eigenvalue weighted by Crippen LogP contribution is -2.47. The molecule has 0 bridgehead atoms. The molecule has 1 aromatic carbocycles. The average Bonchev–Trinajstić information content (AvgIpc) is 2.70. The van der Waals surface area contributed by atoms with Gasteiger partial charge in [-0.1, -0.05) is 23.8 Å². The van der Waals surface area contributed by atoms with Crippen LogP contribution in [0.25, 0.3) is 0 Å². The summed E-state index contributed by atoms with van der Waals surface area (Å²) in [6.07, 6.45) is 1.98. The van der Waals surface area contributed by atoms with Crippen LogP contribution < -0.4 is 0 Å². The van der Waals surface area contributed by atoms with Crippen molar-refractivity contribution in [3.05, 3.63) is 34.9 Å². The maximum Gasteiger partial charge on any atom is 0.410 e. The van der Waals surface area contributed by atoms with Gasteiger partial charge in [0, 0.05) is 24.1 Å². The lowest BCUT2D eigenvalue weighted by molar-refractivity contribution is 0.0114. The number of Topliss-reactive ketones (excluding diaryl/α,β-unsaturated/α-hetero) is 1. The third-order valence-corrected chi connectivity index (χ3v) is 4.89. The Labute approximate surface area is 137 Å². The summed E-state index contributed by atoms with van der Waals surface area (Å²) in [4.78, 5) is 26.8. The third kappa shape index (κ3) is 2.99. The summed E-state index contributed by atoms with van der Waals surface area (Å²) >= 11 is 0. The summed E-state index contributed by atoms with van der Waals surface area (Å²) in [6.45, 7) is 8.85. The summed E-state index contributed by atoms with van der Waals surface area (Å²) in [5.41, 5.74) is 2.44. The van der Waals surface area contributed by atoms with E-state index in [9.17, 15) is 9.59 Å². The molecule has 3 rings (SSSR count). The number of carbonyl (C=O) groups excluding carboxylic acids is 2. The highest BCUT2D eigenvalue weighted by Gasteiger charge is 2.47. The molecule has 1 aliphatic carbocycles. The molecule has 4 nitrogen and oxygen atoms in total. The van der Waals surface area contributed by atoms with Crippen molar-refractivity contribution in [1.82, 2.24) is 4.90 Å². The van der Waals surface area contributed by atoms with Gasteiger partial charge in [0.25, 0.3) is 0 Å². The standard InChI is InChI=1S/C19H25NO3/c1-13-5-6-15-14(11-13)12-19(16(15)21)7-9-20(10-8-19)17(22)23-18(2,3)4/h5-6,11H,7-10,12H2,1-4H3. The van der Waals surface area contributed by atoms with Gasteiger partial charge in [0.2, 0.25) is 0 Å². The first kappa shape index (κ1) is 16.0. The number of aryl methyl sites for hydroxylation is 1. The predicted molar refractivity (Wildman–Crippen MR) is 88.7 cm³/mol. The summed E-state index contributed by atoms with van der Waals surface area (Å²) in [7, 11) is 0. The maximum absolute atomic E-state index is 12.9. The predicted octanol–water partition coefficient (Wildman–Crippen LogP) is 3.75. The Morgan fingerprint density at radius 3 is 2.48 bits per heavy atom. The quantitative estimate of drug-likeness (QED) is 0.732. The van der Waals surface area contributed by atoms with E-state index in [1.54, 1.807) is 4.90 Å². The molecular weight excluding hydrogens is 290 g/mol. The van der Waals surface area contributed by atoms with Crippen molar-refractivity contribution in [2.45, 2.75) is 52.6 Å². The second-order valence-electron chi connectivity index (χ2n) is 7.91. The number of piperidine rings is 1. The van der Waals surface area contributed by atoms with Crippen molar-refractivity contribution in [3.8, 4) is 0 Å². The van der Waals surface area contributed by atoms with E-state index in [1.165, 1.54) is 11.1 Å². The Kier molecular flexibility index (Phi) is 3.74. The molecule has 0 aromatic heterocycles. The summed E-state index contributed by atoms with van der Waals surface area (Å²) < 4.78 is 5.43. The molecule has 1 heterocycles. The molecule has 1 aliphatic heterocycles. The number of fused-ring (bicyclic) bond motifs is 1. The molecular formula is C19H25NO3. The van der Waals surface area contributed by atoms with Gasteiger partial charge in [-0.25, -0.2) is 4.79 Å². The smallest absolute Gasteiger partial charge is 0.410 e. The molecule has 1 saturated heterocycles. The van der Waals surface area contributed by atoms with Gasteiger partial charge in [-0.15, -0.1) is 0 Å². The van der Waals surface area contributed by atoms with Gasteiger partial charge < -0.3 is 9.64 Å². The van der Waals surface area contributed by atoms with Crippen molar-refractivity contribution in [2.24, 2.45) is 5.41 Å². The van der Waals surface area contributed by atoms with E-state index in [1.807, 2.05) is 32.9 Å². The van der Waals surface area contributed by atoms with Gasteiger partial charge in [0.05, 0.1) is 0 Å². The van der Waals surface area contributed by atoms with Crippen LogP contribution in [0.15, 0.2) is 18.2 Å². The maximum atomic E-state index is 12.9. The van der Waals surface area contributed by atoms with Crippen molar-refractivity contribution < 1.29 is 14.3 Å². The fraction of sp³-hybridized carbons (Fsp3) is 0.579. The van der Waals surface area contributed by atoms with Gasteiger partial charge in [0.15, 0.2) is 5.78 Å². The lowest BCUT2D eigenvalue weighted by Gasteiger charge is -2.38. The Balaban J connectivity index is 1.70. The molecule has 1 amide bonds.